The van der Waals surface area contributed by atoms with Crippen LogP contribution in [0.25, 0.3) is 5.57 Å². The second kappa shape index (κ2) is 6.25. The number of hydrazine groups is 1. The summed E-state index contributed by atoms with van der Waals surface area (Å²) in [5.41, 5.74) is 6.25. The fourth-order valence-corrected chi connectivity index (χ4v) is 3.06. The van der Waals surface area contributed by atoms with E-state index in [0.717, 1.165) is 15.7 Å². The van der Waals surface area contributed by atoms with Crippen LogP contribution in [0.15, 0.2) is 52.3 Å². The van der Waals surface area contributed by atoms with E-state index >= 15 is 0 Å². The lowest BCUT2D eigenvalue weighted by Gasteiger charge is -2.28. The number of hydrogen-bond donors (Lipinski definition) is 1. The first-order valence-electron chi connectivity index (χ1n) is 6.93. The second-order valence-electron chi connectivity index (χ2n) is 4.90. The summed E-state index contributed by atoms with van der Waals surface area (Å²) in [6, 6.07) is 1.88. The molecule has 0 saturated heterocycles. The summed E-state index contributed by atoms with van der Waals surface area (Å²) in [6.45, 7) is 2.02. The number of nitrogens with one attached hydrogen (secondary N) is 1. The monoisotopic (exact) mass is 396 g/mol. The van der Waals surface area contributed by atoms with Gasteiger partial charge in [-0.1, -0.05) is 0 Å². The molecule has 8 heteroatoms. The molecule has 0 atom stereocenters. The maximum Gasteiger partial charge on any atom is 0.356 e. The topological polar surface area (TPSA) is 57.7 Å². The van der Waals surface area contributed by atoms with E-state index in [2.05, 4.69) is 26.3 Å². The largest absolute Gasteiger partial charge is 0.461 e. The van der Waals surface area contributed by atoms with Gasteiger partial charge in [0.25, 0.3) is 0 Å². The van der Waals surface area contributed by atoms with Crippen LogP contribution >= 0.6 is 27.7 Å². The predicted octanol–water partition coefficient (Wildman–Crippen LogP) is 2.76. The highest BCUT2D eigenvalue weighted by Crippen LogP contribution is 2.39. The number of aromatic nitrogens is 1. The van der Waals surface area contributed by atoms with Crippen molar-refractivity contribution in [2.75, 3.05) is 13.7 Å². The van der Waals surface area contributed by atoms with Crippen LogP contribution in [0, 0.1) is 0 Å². The minimum absolute atomic E-state index is 0.264. The summed E-state index contributed by atoms with van der Waals surface area (Å²) < 4.78 is 7.29. The molecule has 6 nitrogen and oxygen atoms in total. The highest BCUT2D eigenvalue weighted by molar-refractivity contribution is 9.10. The second-order valence-corrected chi connectivity index (χ2v) is 6.16. The minimum atomic E-state index is -0.483. The van der Waals surface area contributed by atoms with Crippen LogP contribution in [-0.2, 0) is 9.53 Å². The molecule has 0 spiro atoms. The zero-order valence-corrected chi connectivity index (χ0v) is 14.8. The fourth-order valence-electron chi connectivity index (χ4n) is 2.40. The van der Waals surface area contributed by atoms with Gasteiger partial charge in [-0.2, -0.15) is 0 Å². The van der Waals surface area contributed by atoms with Crippen molar-refractivity contribution in [2.45, 2.75) is 6.92 Å². The van der Waals surface area contributed by atoms with Crippen LogP contribution in [-0.4, -0.2) is 34.0 Å². The average Bonchev–Trinajstić information content (AvgIpc) is 2.89. The molecule has 0 bridgehead atoms. The van der Waals surface area contributed by atoms with Gasteiger partial charge in [0.1, 0.15) is 5.70 Å². The van der Waals surface area contributed by atoms with Crippen molar-refractivity contribution in [3.8, 4) is 0 Å². The van der Waals surface area contributed by atoms with Crippen LogP contribution in [0.4, 0.5) is 0 Å². The third-order valence-electron chi connectivity index (χ3n) is 3.45. The molecule has 2 aliphatic heterocycles. The Morgan fingerprint density at radius 2 is 2.22 bits per heavy atom. The van der Waals surface area contributed by atoms with Gasteiger partial charge in [0.2, 0.25) is 0 Å². The SMILES string of the molecule is CCOC(=O)C1=C(c2cncc(Br)c2)C=C2C(=CNN2C)N1Cl. The van der Waals surface area contributed by atoms with E-state index in [4.69, 9.17) is 16.5 Å². The van der Waals surface area contributed by atoms with Gasteiger partial charge in [-0.15, -0.1) is 0 Å². The molecule has 120 valence electrons. The van der Waals surface area contributed by atoms with Crippen LogP contribution in [0.1, 0.15) is 12.5 Å². The highest BCUT2D eigenvalue weighted by Gasteiger charge is 2.34. The molecule has 23 heavy (non-hydrogen) atoms. The Labute approximate surface area is 147 Å². The molecule has 0 unspecified atom stereocenters. The summed E-state index contributed by atoms with van der Waals surface area (Å²) in [5, 5.41) is 1.82. The number of esters is 1. The van der Waals surface area contributed by atoms with E-state index < -0.39 is 5.97 Å². The Morgan fingerprint density at radius 1 is 1.43 bits per heavy atom. The molecule has 1 N–H and O–H groups in total. The van der Waals surface area contributed by atoms with E-state index in [0.29, 0.717) is 11.3 Å². The molecule has 2 aliphatic rings. The number of pyridine rings is 1. The molecule has 0 saturated carbocycles. The lowest BCUT2D eigenvalue weighted by atomic mass is 10.00. The van der Waals surface area contributed by atoms with Gasteiger partial charge in [-0.3, -0.25) is 9.99 Å². The summed E-state index contributed by atoms with van der Waals surface area (Å²) in [5.74, 6) is -0.483. The van der Waals surface area contributed by atoms with E-state index in [1.807, 2.05) is 24.2 Å². The highest BCUT2D eigenvalue weighted by atomic mass is 79.9. The Balaban J connectivity index is 2.19. The third-order valence-corrected chi connectivity index (χ3v) is 4.23. The predicted molar refractivity (Wildman–Crippen MR) is 90.2 cm³/mol. The standard InChI is InChI=1S/C15H14BrClN4O2/c1-3-23-15(22)14-11(9-4-10(16)7-18-6-9)5-12-13(21(14)17)8-19-20(12)2/h4-8,19H,3H2,1-2H3. The number of carbonyl (C=O) groups excluding carboxylic acids is 1. The van der Waals surface area contributed by atoms with E-state index in [1.54, 1.807) is 25.5 Å². The molecule has 0 aliphatic carbocycles. The zero-order valence-electron chi connectivity index (χ0n) is 12.5. The molecule has 3 heterocycles. The van der Waals surface area contributed by atoms with Crippen molar-refractivity contribution < 1.29 is 9.53 Å². The Hall–Kier alpha value is -1.99. The normalized spacial score (nSPS) is 16.7. The quantitative estimate of drug-likeness (QED) is 0.625. The lowest BCUT2D eigenvalue weighted by molar-refractivity contribution is -0.139. The lowest BCUT2D eigenvalue weighted by Crippen LogP contribution is -2.29. The Bertz CT molecular complexity index is 760. The number of fused-ring (bicyclic) bond motifs is 1. The van der Waals surface area contributed by atoms with Gasteiger partial charge < -0.3 is 10.2 Å². The Kier molecular flexibility index (Phi) is 4.32. The number of carbonyl (C=O) groups is 1. The first kappa shape index (κ1) is 15.9. The zero-order chi connectivity index (χ0) is 16.6. The Morgan fingerprint density at radius 3 is 2.91 bits per heavy atom. The number of allylic oxidation sites excluding steroid dienone is 2. The van der Waals surface area contributed by atoms with Crippen LogP contribution in [0.3, 0.4) is 0 Å². The molecule has 0 amide bonds. The van der Waals surface area contributed by atoms with Crippen LogP contribution in [0.2, 0.25) is 0 Å². The van der Waals surface area contributed by atoms with Gasteiger partial charge in [0.15, 0.2) is 5.70 Å². The van der Waals surface area contributed by atoms with Crippen molar-refractivity contribution in [2.24, 2.45) is 0 Å². The smallest absolute Gasteiger partial charge is 0.356 e. The minimum Gasteiger partial charge on any atom is -0.461 e. The van der Waals surface area contributed by atoms with Gasteiger partial charge in [0.05, 0.1) is 12.3 Å². The van der Waals surface area contributed by atoms with Crippen molar-refractivity contribution in [1.82, 2.24) is 19.8 Å². The van der Waals surface area contributed by atoms with Crippen molar-refractivity contribution in [3.63, 3.8) is 0 Å². The molecular formula is C15H14BrClN4O2. The number of halogens is 2. The number of rotatable bonds is 3. The number of likely N-dealkylation sites (N-methyl/N-ethyl adjacent to an activating group) is 1. The summed E-state index contributed by atoms with van der Waals surface area (Å²) in [7, 11) is 1.87. The van der Waals surface area contributed by atoms with Gasteiger partial charge in [-0.05, 0) is 35.0 Å². The van der Waals surface area contributed by atoms with Crippen molar-refractivity contribution >= 4 is 39.2 Å². The first-order valence-corrected chi connectivity index (χ1v) is 8.06. The van der Waals surface area contributed by atoms with Gasteiger partial charge in [0, 0.05) is 53.0 Å². The summed E-state index contributed by atoms with van der Waals surface area (Å²) in [4.78, 5) is 16.6. The molecule has 0 aromatic carbocycles. The maximum absolute atomic E-state index is 12.4. The van der Waals surface area contributed by atoms with E-state index in [-0.39, 0.29) is 12.3 Å². The summed E-state index contributed by atoms with van der Waals surface area (Å²) in [6.07, 6.45) is 6.98. The number of hydrogen-bond acceptors (Lipinski definition) is 6. The van der Waals surface area contributed by atoms with Crippen LogP contribution in [0.5, 0.6) is 0 Å². The van der Waals surface area contributed by atoms with Crippen LogP contribution < -0.4 is 5.43 Å². The van der Waals surface area contributed by atoms with E-state index in [1.165, 1.54) is 4.42 Å². The molecule has 3 rings (SSSR count). The fraction of sp³-hybridized carbons (Fsp3) is 0.200. The average molecular weight is 398 g/mol. The van der Waals surface area contributed by atoms with Gasteiger partial charge >= 0.3 is 5.97 Å². The maximum atomic E-state index is 12.4. The van der Waals surface area contributed by atoms with Gasteiger partial charge in [-0.25, -0.2) is 9.21 Å². The van der Waals surface area contributed by atoms with Crippen molar-refractivity contribution in [3.05, 3.63) is 57.9 Å². The third kappa shape index (κ3) is 2.82. The number of nitrogens with zero attached hydrogens (tertiary/aromatic N) is 3. The van der Waals surface area contributed by atoms with E-state index in [9.17, 15) is 4.79 Å². The molecule has 1 aromatic heterocycles. The summed E-state index contributed by atoms with van der Waals surface area (Å²) >= 11 is 9.83. The molecule has 0 fully saturated rings. The molecular weight excluding hydrogens is 384 g/mol. The number of ether oxygens (including phenoxy) is 1. The first-order chi connectivity index (χ1) is 11.0. The molecule has 0 radical (unpaired) electrons. The molecule has 1 aromatic rings. The van der Waals surface area contributed by atoms with Crippen molar-refractivity contribution in [1.29, 1.82) is 0 Å².